The van der Waals surface area contributed by atoms with Gasteiger partial charge in [-0.25, -0.2) is 4.79 Å². The molecule has 0 saturated carbocycles. The Bertz CT molecular complexity index is 610. The van der Waals surface area contributed by atoms with E-state index < -0.39 is 12.1 Å². The molecule has 2 atom stereocenters. The quantitative estimate of drug-likeness (QED) is 0.758. The Labute approximate surface area is 122 Å². The average Bonchev–Trinajstić information content (AvgIpc) is 2.74. The van der Waals surface area contributed by atoms with E-state index in [1.165, 1.54) is 0 Å². The first-order chi connectivity index (χ1) is 10.1. The molecule has 0 aromatic heterocycles. The third-order valence-corrected chi connectivity index (χ3v) is 3.64. The number of aliphatic hydroxyl groups is 1. The van der Waals surface area contributed by atoms with Crippen LogP contribution in [0.2, 0.25) is 0 Å². The smallest absolute Gasteiger partial charge is 0.319 e. The van der Waals surface area contributed by atoms with Gasteiger partial charge in [0.1, 0.15) is 0 Å². The van der Waals surface area contributed by atoms with E-state index in [-0.39, 0.29) is 18.5 Å². The Morgan fingerprint density at radius 1 is 1.33 bits per heavy atom. The van der Waals surface area contributed by atoms with Crippen LogP contribution in [-0.4, -0.2) is 41.1 Å². The number of aliphatic hydroxyl groups excluding tert-OH is 1. The van der Waals surface area contributed by atoms with E-state index in [0.29, 0.717) is 17.8 Å². The number of urea groups is 1. The summed E-state index contributed by atoms with van der Waals surface area (Å²) in [4.78, 5) is 25.9. The van der Waals surface area contributed by atoms with E-state index in [2.05, 4.69) is 10.6 Å². The summed E-state index contributed by atoms with van der Waals surface area (Å²) >= 11 is 0. The van der Waals surface area contributed by atoms with Crippen molar-refractivity contribution in [2.75, 3.05) is 13.1 Å². The van der Waals surface area contributed by atoms with Gasteiger partial charge in [0.2, 0.25) is 0 Å². The molecule has 0 spiro atoms. The zero-order chi connectivity index (χ0) is 15.0. The van der Waals surface area contributed by atoms with Gasteiger partial charge in [0.25, 0.3) is 5.91 Å². The fraction of sp³-hybridized carbons (Fsp3) is 0.333. The topological polar surface area (TPSA) is 81.7 Å². The van der Waals surface area contributed by atoms with Gasteiger partial charge in [-0.3, -0.25) is 4.79 Å². The zero-order valence-electron chi connectivity index (χ0n) is 11.7. The summed E-state index contributed by atoms with van der Waals surface area (Å²) in [7, 11) is 0. The van der Waals surface area contributed by atoms with Crippen molar-refractivity contribution in [2.24, 2.45) is 0 Å². The van der Waals surface area contributed by atoms with Crippen molar-refractivity contribution in [3.05, 3.63) is 47.2 Å². The Kier molecular flexibility index (Phi) is 3.39. The van der Waals surface area contributed by atoms with Crippen LogP contribution in [0.15, 0.2) is 41.6 Å². The minimum Gasteiger partial charge on any atom is -0.392 e. The minimum absolute atomic E-state index is 0.146. The highest BCUT2D eigenvalue weighted by atomic mass is 16.3. The van der Waals surface area contributed by atoms with Crippen LogP contribution in [0.4, 0.5) is 4.79 Å². The van der Waals surface area contributed by atoms with Gasteiger partial charge in [-0.1, -0.05) is 30.3 Å². The van der Waals surface area contributed by atoms with E-state index in [9.17, 15) is 14.7 Å². The number of nitrogens with one attached hydrogen (secondary N) is 2. The highest BCUT2D eigenvalue weighted by Gasteiger charge is 2.40. The average molecular weight is 287 g/mol. The number of hydrogen-bond donors (Lipinski definition) is 3. The van der Waals surface area contributed by atoms with Gasteiger partial charge in [-0.2, -0.15) is 0 Å². The summed E-state index contributed by atoms with van der Waals surface area (Å²) in [6.07, 6.45) is -0.603. The van der Waals surface area contributed by atoms with Crippen LogP contribution in [0.5, 0.6) is 0 Å². The molecule has 2 aliphatic heterocycles. The second-order valence-electron chi connectivity index (χ2n) is 5.37. The Hall–Kier alpha value is -2.34. The van der Waals surface area contributed by atoms with E-state index in [0.717, 1.165) is 5.56 Å². The van der Waals surface area contributed by atoms with Gasteiger partial charge in [0, 0.05) is 6.54 Å². The second-order valence-corrected chi connectivity index (χ2v) is 5.37. The summed E-state index contributed by atoms with van der Waals surface area (Å²) in [6.45, 7) is 2.22. The molecule has 2 aliphatic rings. The summed E-state index contributed by atoms with van der Waals surface area (Å²) in [5.41, 5.74) is 2.05. The molecule has 6 nitrogen and oxygen atoms in total. The molecule has 3 rings (SSSR count). The van der Waals surface area contributed by atoms with Gasteiger partial charge >= 0.3 is 6.03 Å². The van der Waals surface area contributed by atoms with Crippen LogP contribution in [0, 0.1) is 0 Å². The lowest BCUT2D eigenvalue weighted by atomic mass is 9.96. The number of rotatable bonds is 3. The van der Waals surface area contributed by atoms with E-state index in [4.69, 9.17) is 0 Å². The summed E-state index contributed by atoms with van der Waals surface area (Å²) in [5.74, 6) is -0.146. The minimum atomic E-state index is -0.603. The Morgan fingerprint density at radius 2 is 2.05 bits per heavy atom. The van der Waals surface area contributed by atoms with Crippen molar-refractivity contribution < 1.29 is 14.7 Å². The lowest BCUT2D eigenvalue weighted by Crippen LogP contribution is -2.44. The predicted molar refractivity (Wildman–Crippen MR) is 76.1 cm³/mol. The van der Waals surface area contributed by atoms with Crippen molar-refractivity contribution in [3.8, 4) is 0 Å². The molecule has 0 radical (unpaired) electrons. The molecule has 2 heterocycles. The van der Waals surface area contributed by atoms with Gasteiger partial charge in [-0.05, 0) is 12.5 Å². The maximum absolute atomic E-state index is 12.5. The molecular formula is C15H17N3O3. The second kappa shape index (κ2) is 5.21. The summed E-state index contributed by atoms with van der Waals surface area (Å²) < 4.78 is 0. The molecule has 110 valence electrons. The fourth-order valence-corrected chi connectivity index (χ4v) is 2.79. The molecule has 0 fully saturated rings. The van der Waals surface area contributed by atoms with E-state index in [1.54, 1.807) is 11.8 Å². The van der Waals surface area contributed by atoms with E-state index in [1.807, 2.05) is 30.3 Å². The number of benzene rings is 1. The molecular weight excluding hydrogens is 270 g/mol. The van der Waals surface area contributed by atoms with Gasteiger partial charge in [-0.15, -0.1) is 0 Å². The van der Waals surface area contributed by atoms with Crippen molar-refractivity contribution >= 4 is 11.9 Å². The standard InChI is InChI=1S/C15H17N3O3/c1-9(19)7-18-8-11-12(14(18)20)13(17-15(21)16-11)10-5-3-2-4-6-10/h2-6,9,13,19H,7-8H2,1H3,(H2,16,17,21). The van der Waals surface area contributed by atoms with Crippen LogP contribution < -0.4 is 10.6 Å². The number of carbonyl (C=O) groups is 2. The number of nitrogens with zero attached hydrogens (tertiary/aromatic N) is 1. The van der Waals surface area contributed by atoms with Crippen molar-refractivity contribution in [2.45, 2.75) is 19.1 Å². The van der Waals surface area contributed by atoms with Crippen LogP contribution in [0.3, 0.4) is 0 Å². The number of amides is 3. The van der Waals surface area contributed by atoms with Crippen molar-refractivity contribution in [3.63, 3.8) is 0 Å². The molecule has 0 saturated heterocycles. The van der Waals surface area contributed by atoms with Crippen LogP contribution in [0.1, 0.15) is 18.5 Å². The van der Waals surface area contributed by atoms with Gasteiger partial charge in [0.05, 0.1) is 30.0 Å². The first-order valence-electron chi connectivity index (χ1n) is 6.89. The predicted octanol–water partition coefficient (Wildman–Crippen LogP) is 0.518. The molecule has 0 bridgehead atoms. The normalized spacial score (nSPS) is 22.8. The summed E-state index contributed by atoms with van der Waals surface area (Å²) in [5, 5.41) is 15.0. The van der Waals surface area contributed by atoms with Crippen molar-refractivity contribution in [1.29, 1.82) is 0 Å². The molecule has 0 aliphatic carbocycles. The molecule has 3 N–H and O–H groups in total. The molecule has 2 unspecified atom stereocenters. The fourth-order valence-electron chi connectivity index (χ4n) is 2.79. The van der Waals surface area contributed by atoms with Crippen LogP contribution in [0.25, 0.3) is 0 Å². The van der Waals surface area contributed by atoms with E-state index >= 15 is 0 Å². The maximum atomic E-state index is 12.5. The monoisotopic (exact) mass is 287 g/mol. The third-order valence-electron chi connectivity index (χ3n) is 3.64. The maximum Gasteiger partial charge on any atom is 0.319 e. The van der Waals surface area contributed by atoms with Crippen LogP contribution >= 0.6 is 0 Å². The lowest BCUT2D eigenvalue weighted by Gasteiger charge is -2.25. The third kappa shape index (κ3) is 2.50. The molecule has 1 aromatic carbocycles. The lowest BCUT2D eigenvalue weighted by molar-refractivity contribution is -0.126. The van der Waals surface area contributed by atoms with Crippen LogP contribution in [-0.2, 0) is 4.79 Å². The Morgan fingerprint density at radius 3 is 2.71 bits per heavy atom. The highest BCUT2D eigenvalue weighted by molar-refractivity contribution is 6.01. The number of hydrogen-bond acceptors (Lipinski definition) is 3. The largest absolute Gasteiger partial charge is 0.392 e. The van der Waals surface area contributed by atoms with Crippen molar-refractivity contribution in [1.82, 2.24) is 15.5 Å². The number of carbonyl (C=O) groups excluding carboxylic acids is 2. The first kappa shape index (κ1) is 13.6. The summed E-state index contributed by atoms with van der Waals surface area (Å²) in [6, 6.07) is 8.64. The zero-order valence-corrected chi connectivity index (χ0v) is 11.7. The number of β-amino-alcohol motifs (C(OH)–C–C–N with tert-alkyl or cyclic N) is 1. The van der Waals surface area contributed by atoms with Gasteiger partial charge in [0.15, 0.2) is 0 Å². The highest BCUT2D eigenvalue weighted by Crippen LogP contribution is 2.32. The molecule has 21 heavy (non-hydrogen) atoms. The Balaban J connectivity index is 1.94. The molecule has 3 amide bonds. The molecule has 6 heteroatoms. The van der Waals surface area contributed by atoms with Gasteiger partial charge < -0.3 is 20.6 Å². The molecule has 1 aromatic rings. The SMILES string of the molecule is CC(O)CN1CC2=C(C1=O)C(c1ccccc1)NC(=O)N2. The first-order valence-corrected chi connectivity index (χ1v) is 6.89.